The van der Waals surface area contributed by atoms with Gasteiger partial charge in [-0.05, 0) is 48.9 Å². The molecule has 1 heterocycles. The zero-order chi connectivity index (χ0) is 13.4. The molecule has 1 aliphatic carbocycles. The third-order valence-electron chi connectivity index (χ3n) is 4.46. The summed E-state index contributed by atoms with van der Waals surface area (Å²) in [4.78, 5) is 14.3. The molecule has 2 aliphatic rings. The molecule has 2 fully saturated rings. The third kappa shape index (κ3) is 2.11. The maximum absolute atomic E-state index is 12.4. The minimum Gasteiger partial charge on any atom is -0.338 e. The number of likely N-dealkylation sites (tertiary alicyclic amines) is 1. The first kappa shape index (κ1) is 12.2. The smallest absolute Gasteiger partial charge is 0.253 e. The van der Waals surface area contributed by atoms with E-state index in [2.05, 4.69) is 6.07 Å². The molecule has 1 amide bonds. The van der Waals surface area contributed by atoms with Crippen LogP contribution in [-0.4, -0.2) is 29.9 Å². The summed E-state index contributed by atoms with van der Waals surface area (Å²) >= 11 is 0. The minimum atomic E-state index is 0.0612. The predicted octanol–water partition coefficient (Wildman–Crippen LogP) is 1.37. The lowest BCUT2D eigenvalue weighted by Gasteiger charge is -2.18. The molecule has 0 spiro atoms. The fraction of sp³-hybridized carbons (Fsp3) is 0.467. The molecule has 1 aliphatic heterocycles. The maximum Gasteiger partial charge on any atom is 0.253 e. The lowest BCUT2D eigenvalue weighted by atomic mass is 9.98. The highest BCUT2D eigenvalue weighted by molar-refractivity contribution is 5.94. The molecule has 3 atom stereocenters. The van der Waals surface area contributed by atoms with E-state index in [1.165, 1.54) is 0 Å². The largest absolute Gasteiger partial charge is 0.338 e. The monoisotopic (exact) mass is 255 g/mol. The van der Waals surface area contributed by atoms with Gasteiger partial charge in [0.25, 0.3) is 5.91 Å². The molecular formula is C15H17N3O. The van der Waals surface area contributed by atoms with E-state index in [1.807, 2.05) is 4.90 Å². The Kier molecular flexibility index (Phi) is 3.00. The van der Waals surface area contributed by atoms with Crippen molar-refractivity contribution in [2.24, 2.45) is 17.6 Å². The van der Waals surface area contributed by atoms with Crippen molar-refractivity contribution in [2.75, 3.05) is 13.1 Å². The number of carbonyl (C=O) groups excluding carboxylic acids is 1. The third-order valence-corrected chi connectivity index (χ3v) is 4.46. The van der Waals surface area contributed by atoms with Crippen molar-refractivity contribution in [3.63, 3.8) is 0 Å². The maximum atomic E-state index is 12.4. The van der Waals surface area contributed by atoms with Crippen molar-refractivity contribution >= 4 is 5.91 Å². The topological polar surface area (TPSA) is 70.1 Å². The molecule has 1 saturated carbocycles. The lowest BCUT2D eigenvalue weighted by Crippen LogP contribution is -2.33. The second kappa shape index (κ2) is 4.67. The van der Waals surface area contributed by atoms with Gasteiger partial charge in [-0.15, -0.1) is 0 Å². The van der Waals surface area contributed by atoms with Crippen molar-refractivity contribution in [1.29, 1.82) is 5.26 Å². The summed E-state index contributed by atoms with van der Waals surface area (Å²) in [5.41, 5.74) is 7.33. The van der Waals surface area contributed by atoms with Gasteiger partial charge in [-0.3, -0.25) is 4.79 Å². The van der Waals surface area contributed by atoms with Crippen LogP contribution in [0.15, 0.2) is 24.3 Å². The number of fused-ring (bicyclic) bond motifs is 1. The Labute approximate surface area is 112 Å². The van der Waals surface area contributed by atoms with Crippen molar-refractivity contribution in [1.82, 2.24) is 4.90 Å². The molecule has 0 aromatic heterocycles. The van der Waals surface area contributed by atoms with Crippen LogP contribution in [0, 0.1) is 23.2 Å². The number of amides is 1. The SMILES string of the molecule is N#Cc1ccc(C(=O)N2C[C@@H]3CC[C@@H](N)[C@@H]3C2)cc1. The summed E-state index contributed by atoms with van der Waals surface area (Å²) in [7, 11) is 0. The van der Waals surface area contributed by atoms with Gasteiger partial charge in [0, 0.05) is 24.7 Å². The van der Waals surface area contributed by atoms with Crippen LogP contribution >= 0.6 is 0 Å². The Hall–Kier alpha value is -1.86. The summed E-state index contributed by atoms with van der Waals surface area (Å²) in [5.74, 6) is 1.12. The number of nitriles is 1. The molecular weight excluding hydrogens is 238 g/mol. The normalized spacial score (nSPS) is 29.1. The fourth-order valence-electron chi connectivity index (χ4n) is 3.34. The van der Waals surface area contributed by atoms with Gasteiger partial charge in [0.1, 0.15) is 0 Å². The Morgan fingerprint density at radius 1 is 1.26 bits per heavy atom. The van der Waals surface area contributed by atoms with Gasteiger partial charge in [-0.1, -0.05) is 0 Å². The van der Waals surface area contributed by atoms with E-state index in [0.29, 0.717) is 23.0 Å². The summed E-state index contributed by atoms with van der Waals surface area (Å²) in [6.07, 6.45) is 2.23. The highest BCUT2D eigenvalue weighted by Gasteiger charge is 2.42. The average molecular weight is 255 g/mol. The molecule has 4 nitrogen and oxygen atoms in total. The molecule has 2 N–H and O–H groups in total. The van der Waals surface area contributed by atoms with Gasteiger partial charge in [0.2, 0.25) is 0 Å². The van der Waals surface area contributed by atoms with Gasteiger partial charge in [0.05, 0.1) is 11.6 Å². The van der Waals surface area contributed by atoms with Crippen LogP contribution in [0.1, 0.15) is 28.8 Å². The van der Waals surface area contributed by atoms with E-state index >= 15 is 0 Å². The molecule has 98 valence electrons. The van der Waals surface area contributed by atoms with E-state index in [-0.39, 0.29) is 11.9 Å². The summed E-state index contributed by atoms with van der Waals surface area (Å²) in [6.45, 7) is 1.61. The number of carbonyl (C=O) groups is 1. The quantitative estimate of drug-likeness (QED) is 0.824. The van der Waals surface area contributed by atoms with Crippen molar-refractivity contribution in [2.45, 2.75) is 18.9 Å². The predicted molar refractivity (Wildman–Crippen MR) is 71.2 cm³/mol. The molecule has 3 rings (SSSR count). The second-order valence-corrected chi connectivity index (χ2v) is 5.56. The fourth-order valence-corrected chi connectivity index (χ4v) is 3.34. The number of rotatable bonds is 1. The van der Waals surface area contributed by atoms with Crippen molar-refractivity contribution in [3.05, 3.63) is 35.4 Å². The van der Waals surface area contributed by atoms with E-state index in [0.717, 1.165) is 25.9 Å². The number of benzene rings is 1. The zero-order valence-corrected chi connectivity index (χ0v) is 10.7. The van der Waals surface area contributed by atoms with E-state index in [1.54, 1.807) is 24.3 Å². The van der Waals surface area contributed by atoms with Crippen LogP contribution < -0.4 is 5.73 Å². The summed E-state index contributed by atoms with van der Waals surface area (Å²) in [5, 5.41) is 8.76. The molecule has 19 heavy (non-hydrogen) atoms. The van der Waals surface area contributed by atoms with E-state index in [9.17, 15) is 4.79 Å². The van der Waals surface area contributed by atoms with Crippen molar-refractivity contribution < 1.29 is 4.79 Å². The van der Waals surface area contributed by atoms with Gasteiger partial charge in [-0.2, -0.15) is 5.26 Å². The summed E-state index contributed by atoms with van der Waals surface area (Å²) in [6, 6.07) is 9.16. The Balaban J connectivity index is 1.73. The van der Waals surface area contributed by atoms with Gasteiger partial charge < -0.3 is 10.6 Å². The van der Waals surface area contributed by atoms with Crippen LogP contribution in [-0.2, 0) is 0 Å². The highest BCUT2D eigenvalue weighted by Crippen LogP contribution is 2.37. The molecule has 0 unspecified atom stereocenters. The van der Waals surface area contributed by atoms with Crippen LogP contribution in [0.2, 0.25) is 0 Å². The lowest BCUT2D eigenvalue weighted by molar-refractivity contribution is 0.0779. The Morgan fingerprint density at radius 3 is 2.63 bits per heavy atom. The number of nitrogens with zero attached hydrogens (tertiary/aromatic N) is 2. The molecule has 0 radical (unpaired) electrons. The number of nitrogens with two attached hydrogens (primary N) is 1. The molecule has 1 saturated heterocycles. The van der Waals surface area contributed by atoms with E-state index < -0.39 is 0 Å². The van der Waals surface area contributed by atoms with Crippen LogP contribution in [0.3, 0.4) is 0 Å². The van der Waals surface area contributed by atoms with Gasteiger partial charge in [-0.25, -0.2) is 0 Å². The second-order valence-electron chi connectivity index (χ2n) is 5.56. The van der Waals surface area contributed by atoms with Crippen LogP contribution in [0.5, 0.6) is 0 Å². The van der Waals surface area contributed by atoms with E-state index in [4.69, 9.17) is 11.0 Å². The standard InChI is InChI=1S/C15H17N3O/c16-7-10-1-3-11(4-2-10)15(19)18-8-12-5-6-14(17)13(12)9-18/h1-4,12-14H,5-6,8-9,17H2/t12-,13+,14+/m0/s1. The van der Waals surface area contributed by atoms with Crippen molar-refractivity contribution in [3.8, 4) is 6.07 Å². The Bertz CT molecular complexity index is 531. The molecule has 1 aromatic rings. The molecule has 0 bridgehead atoms. The highest BCUT2D eigenvalue weighted by atomic mass is 16.2. The molecule has 4 heteroatoms. The Morgan fingerprint density at radius 2 is 2.00 bits per heavy atom. The number of hydrogen-bond donors (Lipinski definition) is 1. The van der Waals surface area contributed by atoms with Gasteiger partial charge >= 0.3 is 0 Å². The number of hydrogen-bond acceptors (Lipinski definition) is 3. The van der Waals surface area contributed by atoms with Gasteiger partial charge in [0.15, 0.2) is 0 Å². The molecule has 1 aromatic carbocycles. The average Bonchev–Trinajstić information content (AvgIpc) is 3.01. The minimum absolute atomic E-state index is 0.0612. The first-order valence-corrected chi connectivity index (χ1v) is 6.74. The first-order chi connectivity index (χ1) is 9.19. The summed E-state index contributed by atoms with van der Waals surface area (Å²) < 4.78 is 0. The van der Waals surface area contributed by atoms with Crippen LogP contribution in [0.4, 0.5) is 0 Å². The van der Waals surface area contributed by atoms with Crippen LogP contribution in [0.25, 0.3) is 0 Å². The zero-order valence-electron chi connectivity index (χ0n) is 10.7. The first-order valence-electron chi connectivity index (χ1n) is 6.74.